The zero-order valence-corrected chi connectivity index (χ0v) is 9.57. The van der Waals surface area contributed by atoms with E-state index in [0.717, 1.165) is 12.1 Å². The van der Waals surface area contributed by atoms with Crippen LogP contribution in [-0.2, 0) is 11.4 Å². The molecule has 100 valence electrons. The summed E-state index contributed by atoms with van der Waals surface area (Å²) in [6, 6.07) is 1.91. The first kappa shape index (κ1) is 14.7. The van der Waals surface area contributed by atoms with Gasteiger partial charge in [0.05, 0.1) is 11.6 Å². The summed E-state index contributed by atoms with van der Waals surface area (Å²) in [4.78, 5) is 11.0. The topological polar surface area (TPSA) is 49.3 Å². The van der Waals surface area contributed by atoms with Crippen molar-refractivity contribution < 1.29 is 27.5 Å². The molecule has 0 atom stereocenters. The molecule has 0 fully saturated rings. The molecule has 0 bridgehead atoms. The number of rotatable bonds is 3. The van der Waals surface area contributed by atoms with Crippen LogP contribution in [0.5, 0.6) is 0 Å². The van der Waals surface area contributed by atoms with Gasteiger partial charge in [-0.15, -0.1) is 0 Å². The van der Waals surface area contributed by atoms with E-state index in [9.17, 15) is 22.4 Å². The van der Waals surface area contributed by atoms with Gasteiger partial charge in [0.1, 0.15) is 12.2 Å². The summed E-state index contributed by atoms with van der Waals surface area (Å²) < 4.78 is 48.8. The van der Waals surface area contributed by atoms with E-state index in [0.29, 0.717) is 0 Å². The van der Waals surface area contributed by atoms with E-state index < -0.39 is 36.0 Å². The van der Waals surface area contributed by atoms with Crippen LogP contribution in [0.2, 0.25) is 5.02 Å². The van der Waals surface area contributed by atoms with Crippen molar-refractivity contribution in [2.45, 2.75) is 19.2 Å². The summed E-state index contributed by atoms with van der Waals surface area (Å²) >= 11 is 5.51. The van der Waals surface area contributed by atoms with E-state index in [1.807, 2.05) is 5.32 Å². The van der Waals surface area contributed by atoms with Gasteiger partial charge in [-0.2, -0.15) is 13.2 Å². The molecule has 0 aliphatic carbocycles. The van der Waals surface area contributed by atoms with Gasteiger partial charge in [-0.25, -0.2) is 4.39 Å². The highest BCUT2D eigenvalue weighted by molar-refractivity contribution is 6.32. The van der Waals surface area contributed by atoms with Crippen LogP contribution in [0.25, 0.3) is 0 Å². The molecular weight excluding hydrogens is 278 g/mol. The second-order valence-electron chi connectivity index (χ2n) is 3.39. The zero-order valence-electron chi connectivity index (χ0n) is 8.81. The fourth-order valence-corrected chi connectivity index (χ4v) is 1.47. The summed E-state index contributed by atoms with van der Waals surface area (Å²) in [7, 11) is 0. The number of aliphatic hydroxyl groups excluding tert-OH is 1. The summed E-state index contributed by atoms with van der Waals surface area (Å²) in [6.07, 6.45) is -6.32. The third kappa shape index (κ3) is 3.85. The molecule has 0 radical (unpaired) electrons. The highest BCUT2D eigenvalue weighted by atomic mass is 35.5. The molecule has 1 amide bonds. The number of hydrogen-bond acceptors (Lipinski definition) is 2. The number of halogens is 5. The van der Waals surface area contributed by atoms with Crippen LogP contribution in [-0.4, -0.2) is 17.2 Å². The quantitative estimate of drug-likeness (QED) is 0.839. The van der Waals surface area contributed by atoms with Gasteiger partial charge in [0.2, 0.25) is 5.91 Å². The average molecular weight is 286 g/mol. The number of amides is 1. The largest absolute Gasteiger partial charge is 0.397 e. The first-order chi connectivity index (χ1) is 8.24. The number of nitrogens with one attached hydrogen (secondary N) is 1. The average Bonchev–Trinajstić information content (AvgIpc) is 2.21. The van der Waals surface area contributed by atoms with E-state index in [1.54, 1.807) is 0 Å². The van der Waals surface area contributed by atoms with Crippen molar-refractivity contribution in [3.05, 3.63) is 28.5 Å². The van der Waals surface area contributed by atoms with Crippen molar-refractivity contribution in [2.24, 2.45) is 0 Å². The van der Waals surface area contributed by atoms with Gasteiger partial charge >= 0.3 is 6.18 Å². The molecule has 1 aromatic rings. The number of hydrogen-bond donors (Lipinski definition) is 2. The second-order valence-corrected chi connectivity index (χ2v) is 3.76. The molecule has 1 rings (SSSR count). The van der Waals surface area contributed by atoms with Crippen molar-refractivity contribution in [2.75, 3.05) is 5.32 Å². The number of alkyl halides is 3. The predicted molar refractivity (Wildman–Crippen MR) is 56.6 cm³/mol. The molecule has 0 aliphatic rings. The highest BCUT2D eigenvalue weighted by Gasteiger charge is 2.31. The predicted octanol–water partition coefficient (Wildman–Crippen LogP) is 2.86. The minimum atomic E-state index is -4.65. The highest BCUT2D eigenvalue weighted by Crippen LogP contribution is 2.28. The van der Waals surface area contributed by atoms with Crippen LogP contribution in [0, 0.1) is 5.82 Å². The van der Waals surface area contributed by atoms with Crippen LogP contribution in [0.15, 0.2) is 12.1 Å². The Morgan fingerprint density at radius 3 is 2.50 bits per heavy atom. The van der Waals surface area contributed by atoms with Crippen molar-refractivity contribution in [3.63, 3.8) is 0 Å². The summed E-state index contributed by atoms with van der Waals surface area (Å²) in [5.74, 6) is -2.16. The van der Waals surface area contributed by atoms with Gasteiger partial charge in [0.25, 0.3) is 0 Å². The van der Waals surface area contributed by atoms with Crippen LogP contribution < -0.4 is 5.32 Å². The number of aliphatic hydroxyl groups is 1. The molecule has 18 heavy (non-hydrogen) atoms. The minimum Gasteiger partial charge on any atom is -0.392 e. The van der Waals surface area contributed by atoms with E-state index in [-0.39, 0.29) is 11.3 Å². The molecule has 0 spiro atoms. The molecule has 0 aromatic heterocycles. The van der Waals surface area contributed by atoms with Crippen molar-refractivity contribution in [1.82, 2.24) is 0 Å². The van der Waals surface area contributed by atoms with E-state index in [4.69, 9.17) is 16.7 Å². The van der Waals surface area contributed by atoms with E-state index in [2.05, 4.69) is 0 Å². The van der Waals surface area contributed by atoms with Gasteiger partial charge in [-0.3, -0.25) is 4.79 Å². The summed E-state index contributed by atoms with van der Waals surface area (Å²) in [5, 5.41) is 10.4. The van der Waals surface area contributed by atoms with Crippen LogP contribution in [0.4, 0.5) is 23.2 Å². The third-order valence-electron chi connectivity index (χ3n) is 1.99. The monoisotopic (exact) mass is 285 g/mol. The fraction of sp³-hybridized carbons (Fsp3) is 0.300. The molecule has 2 N–H and O–H groups in total. The maximum Gasteiger partial charge on any atom is 0.397 e. The van der Waals surface area contributed by atoms with Crippen LogP contribution >= 0.6 is 11.6 Å². The molecule has 8 heteroatoms. The second kappa shape index (κ2) is 5.53. The zero-order chi connectivity index (χ0) is 13.9. The maximum absolute atomic E-state index is 13.0. The lowest BCUT2D eigenvalue weighted by atomic mass is 10.1. The Morgan fingerprint density at radius 2 is 2.00 bits per heavy atom. The molecule has 0 aliphatic heterocycles. The number of carbonyl (C=O) groups excluding carboxylic acids is 1. The number of benzene rings is 1. The number of anilines is 1. The van der Waals surface area contributed by atoms with Crippen molar-refractivity contribution >= 4 is 23.2 Å². The van der Waals surface area contributed by atoms with Crippen LogP contribution in [0.3, 0.4) is 0 Å². The van der Waals surface area contributed by atoms with E-state index >= 15 is 0 Å². The lowest BCUT2D eigenvalue weighted by Crippen LogP contribution is -2.21. The summed E-state index contributed by atoms with van der Waals surface area (Å²) in [5.41, 5.74) is -0.328. The Balaban J connectivity index is 2.92. The van der Waals surface area contributed by atoms with Crippen molar-refractivity contribution in [1.29, 1.82) is 0 Å². The Bertz CT molecular complexity index is 462. The van der Waals surface area contributed by atoms with Gasteiger partial charge in [0.15, 0.2) is 0 Å². The fourth-order valence-electron chi connectivity index (χ4n) is 1.24. The molecular formula is C10H8ClF4NO2. The van der Waals surface area contributed by atoms with Gasteiger partial charge in [0, 0.05) is 11.3 Å². The van der Waals surface area contributed by atoms with E-state index in [1.165, 1.54) is 0 Å². The molecule has 0 heterocycles. The Hall–Kier alpha value is -1.34. The third-order valence-corrected chi connectivity index (χ3v) is 2.40. The molecule has 0 unspecified atom stereocenters. The molecule has 0 saturated carbocycles. The molecule has 0 saturated heterocycles. The van der Waals surface area contributed by atoms with Crippen LogP contribution in [0.1, 0.15) is 12.0 Å². The minimum absolute atomic E-state index is 0.154. The molecule has 1 aromatic carbocycles. The normalized spacial score (nSPS) is 11.4. The smallest absolute Gasteiger partial charge is 0.392 e. The van der Waals surface area contributed by atoms with Gasteiger partial charge in [-0.1, -0.05) is 11.6 Å². The standard InChI is InChI=1S/C10H8ClF4NO2/c11-9-5(4-17)7(2-1-6(9)12)16-8(18)3-10(13,14)15/h1-2,17H,3-4H2,(H,16,18). The lowest BCUT2D eigenvalue weighted by molar-refractivity contribution is -0.150. The van der Waals surface area contributed by atoms with Crippen molar-refractivity contribution in [3.8, 4) is 0 Å². The lowest BCUT2D eigenvalue weighted by Gasteiger charge is -2.12. The Kier molecular flexibility index (Phi) is 4.53. The number of carbonyl (C=O) groups is 1. The Morgan fingerprint density at radius 1 is 1.39 bits per heavy atom. The van der Waals surface area contributed by atoms with Gasteiger partial charge in [-0.05, 0) is 12.1 Å². The summed E-state index contributed by atoms with van der Waals surface area (Å²) in [6.45, 7) is -0.710. The maximum atomic E-state index is 13.0. The first-order valence-corrected chi connectivity index (χ1v) is 5.06. The first-order valence-electron chi connectivity index (χ1n) is 4.69. The molecule has 3 nitrogen and oxygen atoms in total. The van der Waals surface area contributed by atoms with Gasteiger partial charge < -0.3 is 10.4 Å². The SMILES string of the molecule is O=C(CC(F)(F)F)Nc1ccc(F)c(Cl)c1CO. The Labute approximate surface area is 104 Å².